The first-order valence-electron chi connectivity index (χ1n) is 6.34. The zero-order valence-electron chi connectivity index (χ0n) is 12.9. The van der Waals surface area contributed by atoms with Crippen molar-refractivity contribution in [2.45, 2.75) is 47.1 Å². The summed E-state index contributed by atoms with van der Waals surface area (Å²) >= 11 is 0. The van der Waals surface area contributed by atoms with Gasteiger partial charge in [0.2, 0.25) is 0 Å². The smallest absolute Gasteiger partial charge is 0.315 e. The SMILES string of the molecule is COC(=O)C1(C)C=CC(C)(OC)C(C)(C)C1(C)C. The average Bonchev–Trinajstić information content (AvgIpc) is 2.32. The van der Waals surface area contributed by atoms with Gasteiger partial charge in [0, 0.05) is 12.5 Å². The molecule has 1 rings (SSSR count). The van der Waals surface area contributed by atoms with Crippen LogP contribution >= 0.6 is 0 Å². The van der Waals surface area contributed by atoms with E-state index in [0.717, 1.165) is 0 Å². The van der Waals surface area contributed by atoms with E-state index in [1.807, 2.05) is 19.1 Å². The zero-order chi connectivity index (χ0) is 14.4. The largest absolute Gasteiger partial charge is 0.468 e. The fourth-order valence-corrected chi connectivity index (χ4v) is 2.87. The van der Waals surface area contributed by atoms with Gasteiger partial charge in [-0.25, -0.2) is 0 Å². The molecule has 2 atom stereocenters. The third-order valence-corrected chi connectivity index (χ3v) is 5.87. The Hall–Kier alpha value is -0.830. The van der Waals surface area contributed by atoms with Gasteiger partial charge in [-0.3, -0.25) is 4.79 Å². The highest BCUT2D eigenvalue weighted by molar-refractivity contribution is 5.80. The molecule has 104 valence electrons. The van der Waals surface area contributed by atoms with Gasteiger partial charge in [-0.1, -0.05) is 39.8 Å². The summed E-state index contributed by atoms with van der Waals surface area (Å²) in [6.45, 7) is 12.5. The number of carbonyl (C=O) groups is 1. The Balaban J connectivity index is 3.48. The molecule has 18 heavy (non-hydrogen) atoms. The standard InChI is InChI=1S/C15H26O3/c1-12(2)13(3,4)15(6,18-8)10-9-14(12,5)11(16)17-7/h9-10H,1-8H3. The van der Waals surface area contributed by atoms with Crippen LogP contribution in [0.1, 0.15) is 41.5 Å². The van der Waals surface area contributed by atoms with Crippen molar-refractivity contribution in [2.24, 2.45) is 16.2 Å². The minimum Gasteiger partial charge on any atom is -0.468 e. The minimum atomic E-state index is -0.650. The first-order chi connectivity index (χ1) is 8.00. The van der Waals surface area contributed by atoms with Gasteiger partial charge >= 0.3 is 5.97 Å². The maximum absolute atomic E-state index is 12.2. The lowest BCUT2D eigenvalue weighted by Gasteiger charge is -2.59. The molecular formula is C15H26O3. The number of rotatable bonds is 2. The monoisotopic (exact) mass is 254 g/mol. The lowest BCUT2D eigenvalue weighted by Crippen LogP contribution is -2.61. The molecule has 0 radical (unpaired) electrons. The van der Waals surface area contributed by atoms with Crippen LogP contribution in [0.25, 0.3) is 0 Å². The van der Waals surface area contributed by atoms with Gasteiger partial charge in [0.05, 0.1) is 18.1 Å². The van der Waals surface area contributed by atoms with Gasteiger partial charge in [-0.05, 0) is 19.3 Å². The predicted octanol–water partition coefficient (Wildman–Crippen LogP) is 3.19. The molecule has 0 spiro atoms. The lowest BCUT2D eigenvalue weighted by molar-refractivity contribution is -0.181. The van der Waals surface area contributed by atoms with Crippen LogP contribution in [0.15, 0.2) is 12.2 Å². The third kappa shape index (κ3) is 1.56. The van der Waals surface area contributed by atoms with E-state index < -0.39 is 11.0 Å². The van der Waals surface area contributed by atoms with E-state index in [0.29, 0.717) is 0 Å². The molecule has 2 unspecified atom stereocenters. The molecule has 0 saturated heterocycles. The fraction of sp³-hybridized carbons (Fsp3) is 0.800. The second kappa shape index (κ2) is 4.09. The van der Waals surface area contributed by atoms with Crippen LogP contribution in [0.2, 0.25) is 0 Å². The highest BCUT2D eigenvalue weighted by atomic mass is 16.5. The molecule has 3 nitrogen and oxygen atoms in total. The summed E-state index contributed by atoms with van der Waals surface area (Å²) in [5.74, 6) is -0.199. The van der Waals surface area contributed by atoms with Gasteiger partial charge in [0.25, 0.3) is 0 Å². The second-order valence-electron chi connectivity index (χ2n) is 6.59. The number of ether oxygens (including phenoxy) is 2. The molecule has 0 fully saturated rings. The van der Waals surface area contributed by atoms with Crippen molar-refractivity contribution in [1.29, 1.82) is 0 Å². The van der Waals surface area contributed by atoms with Gasteiger partial charge in [-0.2, -0.15) is 0 Å². The van der Waals surface area contributed by atoms with Gasteiger partial charge < -0.3 is 9.47 Å². The molecule has 0 aromatic rings. The molecule has 0 amide bonds. The van der Waals surface area contributed by atoms with Gasteiger partial charge in [-0.15, -0.1) is 0 Å². The Morgan fingerprint density at radius 3 is 1.78 bits per heavy atom. The Labute approximate surface area is 111 Å². The summed E-state index contributed by atoms with van der Waals surface area (Å²) in [6.07, 6.45) is 3.93. The van der Waals surface area contributed by atoms with E-state index in [9.17, 15) is 4.79 Å². The summed E-state index contributed by atoms with van der Waals surface area (Å²) in [4.78, 5) is 12.2. The van der Waals surface area contributed by atoms with Crippen LogP contribution in [-0.2, 0) is 14.3 Å². The molecule has 0 aliphatic heterocycles. The highest BCUT2D eigenvalue weighted by Gasteiger charge is 2.62. The van der Waals surface area contributed by atoms with E-state index >= 15 is 0 Å². The quantitative estimate of drug-likeness (QED) is 0.561. The molecule has 1 aliphatic rings. The van der Waals surface area contributed by atoms with Gasteiger partial charge in [0.1, 0.15) is 0 Å². The molecular weight excluding hydrogens is 228 g/mol. The summed E-state index contributed by atoms with van der Waals surface area (Å²) in [7, 11) is 3.15. The van der Waals surface area contributed by atoms with Crippen LogP contribution in [0.5, 0.6) is 0 Å². The van der Waals surface area contributed by atoms with Crippen LogP contribution in [-0.4, -0.2) is 25.8 Å². The molecule has 0 aromatic heterocycles. The third-order valence-electron chi connectivity index (χ3n) is 5.87. The zero-order valence-corrected chi connectivity index (χ0v) is 12.9. The molecule has 1 aliphatic carbocycles. The van der Waals surface area contributed by atoms with E-state index in [2.05, 4.69) is 34.6 Å². The molecule has 0 N–H and O–H groups in total. The van der Waals surface area contributed by atoms with Crippen molar-refractivity contribution >= 4 is 5.97 Å². The van der Waals surface area contributed by atoms with Crippen molar-refractivity contribution in [2.75, 3.05) is 14.2 Å². The topological polar surface area (TPSA) is 35.5 Å². The number of hydrogen-bond donors (Lipinski definition) is 0. The van der Waals surface area contributed by atoms with Crippen LogP contribution in [0.3, 0.4) is 0 Å². The summed E-state index contributed by atoms with van der Waals surface area (Å²) in [6, 6.07) is 0. The number of hydrogen-bond acceptors (Lipinski definition) is 3. The van der Waals surface area contributed by atoms with Crippen molar-refractivity contribution in [3.05, 3.63) is 12.2 Å². The van der Waals surface area contributed by atoms with Crippen molar-refractivity contribution in [3.63, 3.8) is 0 Å². The van der Waals surface area contributed by atoms with Gasteiger partial charge in [0.15, 0.2) is 0 Å². The molecule has 0 heterocycles. The Morgan fingerprint density at radius 2 is 1.39 bits per heavy atom. The lowest BCUT2D eigenvalue weighted by atomic mass is 9.46. The minimum absolute atomic E-state index is 0.199. The normalized spacial score (nSPS) is 37.3. The van der Waals surface area contributed by atoms with Crippen molar-refractivity contribution in [1.82, 2.24) is 0 Å². The van der Waals surface area contributed by atoms with Crippen molar-refractivity contribution < 1.29 is 14.3 Å². The van der Waals surface area contributed by atoms with Crippen molar-refractivity contribution in [3.8, 4) is 0 Å². The second-order valence-corrected chi connectivity index (χ2v) is 6.59. The molecule has 3 heteroatoms. The fourth-order valence-electron chi connectivity index (χ4n) is 2.87. The Kier molecular flexibility index (Phi) is 3.46. The van der Waals surface area contributed by atoms with Crippen LogP contribution in [0.4, 0.5) is 0 Å². The van der Waals surface area contributed by atoms with E-state index in [1.165, 1.54) is 7.11 Å². The summed E-state index contributed by atoms with van der Waals surface area (Å²) in [5, 5.41) is 0. The van der Waals surface area contributed by atoms with E-state index in [1.54, 1.807) is 7.11 Å². The van der Waals surface area contributed by atoms with Crippen LogP contribution < -0.4 is 0 Å². The first kappa shape index (κ1) is 15.2. The molecule has 0 aromatic carbocycles. The predicted molar refractivity (Wildman–Crippen MR) is 72.2 cm³/mol. The maximum atomic E-state index is 12.2. The Bertz CT molecular complexity index is 381. The Morgan fingerprint density at radius 1 is 0.889 bits per heavy atom. The van der Waals surface area contributed by atoms with E-state index in [-0.39, 0.29) is 16.8 Å². The summed E-state index contributed by atoms with van der Waals surface area (Å²) in [5.41, 5.74) is -1.56. The summed E-state index contributed by atoms with van der Waals surface area (Å²) < 4.78 is 10.7. The number of methoxy groups -OCH3 is 2. The number of esters is 1. The van der Waals surface area contributed by atoms with E-state index in [4.69, 9.17) is 9.47 Å². The number of carbonyl (C=O) groups excluding carboxylic acids is 1. The highest BCUT2D eigenvalue weighted by Crippen LogP contribution is 2.61. The first-order valence-corrected chi connectivity index (χ1v) is 6.34. The maximum Gasteiger partial charge on any atom is 0.315 e. The molecule has 0 bridgehead atoms. The molecule has 0 saturated carbocycles. The average molecular weight is 254 g/mol. The van der Waals surface area contributed by atoms with Crippen LogP contribution in [0, 0.1) is 16.2 Å².